The molecule has 0 atom stereocenters. The zero-order chi connectivity index (χ0) is 10.4. The zero-order valence-electron chi connectivity index (χ0n) is 9.50. The summed E-state index contributed by atoms with van der Waals surface area (Å²) in [5.41, 5.74) is 0.00854. The van der Waals surface area contributed by atoms with Gasteiger partial charge in [-0.3, -0.25) is 0 Å². The van der Waals surface area contributed by atoms with Crippen molar-refractivity contribution < 1.29 is 9.53 Å². The Morgan fingerprint density at radius 3 is 2.20 bits per heavy atom. The largest absolute Gasteiger partial charge is 0.444 e. The number of carbonyl (C=O) groups is 1. The maximum atomic E-state index is 11.6. The fourth-order valence-electron chi connectivity index (χ4n) is 1.92. The number of hydrogen-bond donors (Lipinski definition) is 1. The average molecular weight is 235 g/mol. The second-order valence-corrected chi connectivity index (χ2v) is 5.44. The van der Waals surface area contributed by atoms with Crippen molar-refractivity contribution in [3.63, 3.8) is 0 Å². The van der Waals surface area contributed by atoms with Crippen LogP contribution in [0.2, 0.25) is 0 Å². The predicted octanol–water partition coefficient (Wildman–Crippen LogP) is 1.25. The lowest BCUT2D eigenvalue weighted by Gasteiger charge is -2.55. The van der Waals surface area contributed by atoms with E-state index in [1.165, 1.54) is 0 Å². The summed E-state index contributed by atoms with van der Waals surface area (Å²) in [5.74, 6) is 0. The van der Waals surface area contributed by atoms with Gasteiger partial charge in [-0.05, 0) is 20.8 Å². The number of hydrogen-bond acceptors (Lipinski definition) is 3. The number of carbonyl (C=O) groups excluding carboxylic acids is 1. The monoisotopic (exact) mass is 234 g/mol. The molecule has 2 fully saturated rings. The molecule has 0 aliphatic carbocycles. The van der Waals surface area contributed by atoms with Gasteiger partial charge in [-0.15, -0.1) is 12.4 Å². The Morgan fingerprint density at radius 1 is 1.33 bits per heavy atom. The van der Waals surface area contributed by atoms with Crippen LogP contribution in [0.3, 0.4) is 0 Å². The highest BCUT2D eigenvalue weighted by Gasteiger charge is 2.50. The first-order valence-electron chi connectivity index (χ1n) is 5.09. The zero-order valence-corrected chi connectivity index (χ0v) is 10.3. The normalized spacial score (nSPS) is 22.5. The quantitative estimate of drug-likeness (QED) is 0.686. The molecular weight excluding hydrogens is 216 g/mol. The van der Waals surface area contributed by atoms with Gasteiger partial charge in [-0.25, -0.2) is 4.79 Å². The van der Waals surface area contributed by atoms with Crippen LogP contribution in [-0.4, -0.2) is 42.8 Å². The van der Waals surface area contributed by atoms with Gasteiger partial charge in [0, 0.05) is 31.6 Å². The fraction of sp³-hybridized carbons (Fsp3) is 0.900. The molecule has 4 nitrogen and oxygen atoms in total. The first kappa shape index (κ1) is 12.6. The topological polar surface area (TPSA) is 41.6 Å². The molecular formula is C10H19ClN2O2. The molecule has 88 valence electrons. The number of ether oxygens (including phenoxy) is 1. The van der Waals surface area contributed by atoms with Crippen molar-refractivity contribution in [2.45, 2.75) is 26.4 Å². The van der Waals surface area contributed by atoms with Crippen LogP contribution in [0.25, 0.3) is 0 Å². The van der Waals surface area contributed by atoms with Crippen LogP contribution >= 0.6 is 12.4 Å². The number of nitrogens with zero attached hydrogens (tertiary/aromatic N) is 1. The lowest BCUT2D eigenvalue weighted by atomic mass is 9.75. The molecule has 1 N–H and O–H groups in total. The second kappa shape index (κ2) is 3.83. The first-order valence-corrected chi connectivity index (χ1v) is 5.09. The summed E-state index contributed by atoms with van der Waals surface area (Å²) in [6.07, 6.45) is -0.171. The maximum absolute atomic E-state index is 11.6. The van der Waals surface area contributed by atoms with Crippen LogP contribution in [0.4, 0.5) is 4.79 Å². The standard InChI is InChI=1S/C10H18N2O2.ClH/c1-9(2,3)14-8(13)12-6-10(7-12)4-11-5-10;/h11H,4-7H2,1-3H3;1H. The minimum Gasteiger partial charge on any atom is -0.444 e. The van der Waals surface area contributed by atoms with Crippen molar-refractivity contribution >= 4 is 18.5 Å². The van der Waals surface area contributed by atoms with Gasteiger partial charge in [0.1, 0.15) is 5.60 Å². The van der Waals surface area contributed by atoms with Crippen molar-refractivity contribution in [1.82, 2.24) is 10.2 Å². The SMILES string of the molecule is CC(C)(C)OC(=O)N1CC2(CNC2)C1.Cl. The Hall–Kier alpha value is -0.480. The van der Waals surface area contributed by atoms with Gasteiger partial charge in [-0.1, -0.05) is 0 Å². The summed E-state index contributed by atoms with van der Waals surface area (Å²) in [5, 5.41) is 3.23. The van der Waals surface area contributed by atoms with E-state index in [9.17, 15) is 4.79 Å². The summed E-state index contributed by atoms with van der Waals surface area (Å²) in [6, 6.07) is 0. The van der Waals surface area contributed by atoms with Crippen LogP contribution in [-0.2, 0) is 4.74 Å². The lowest BCUT2D eigenvalue weighted by molar-refractivity contribution is -0.0553. The van der Waals surface area contributed by atoms with E-state index in [0.717, 1.165) is 26.2 Å². The number of rotatable bonds is 0. The first-order chi connectivity index (χ1) is 6.40. The van der Waals surface area contributed by atoms with Gasteiger partial charge in [-0.2, -0.15) is 0 Å². The Bertz CT molecular complexity index is 251. The smallest absolute Gasteiger partial charge is 0.410 e. The van der Waals surface area contributed by atoms with Gasteiger partial charge in [0.25, 0.3) is 0 Å². The van der Waals surface area contributed by atoms with E-state index < -0.39 is 0 Å². The van der Waals surface area contributed by atoms with Gasteiger partial charge in [0.2, 0.25) is 0 Å². The summed E-state index contributed by atoms with van der Waals surface area (Å²) in [7, 11) is 0. The van der Waals surface area contributed by atoms with Crippen LogP contribution in [0.5, 0.6) is 0 Å². The van der Waals surface area contributed by atoms with E-state index in [2.05, 4.69) is 5.32 Å². The van der Waals surface area contributed by atoms with Crippen LogP contribution in [0.1, 0.15) is 20.8 Å². The van der Waals surface area contributed by atoms with Crippen molar-refractivity contribution in [3.05, 3.63) is 0 Å². The van der Waals surface area contributed by atoms with E-state index >= 15 is 0 Å². The molecule has 0 aromatic carbocycles. The Balaban J connectivity index is 0.00000112. The summed E-state index contributed by atoms with van der Waals surface area (Å²) in [4.78, 5) is 13.3. The van der Waals surface area contributed by atoms with E-state index in [0.29, 0.717) is 5.41 Å². The Kier molecular flexibility index (Phi) is 3.22. The lowest BCUT2D eigenvalue weighted by Crippen LogP contribution is -2.72. The van der Waals surface area contributed by atoms with E-state index in [1.54, 1.807) is 4.90 Å². The maximum Gasteiger partial charge on any atom is 0.410 e. The molecule has 0 bridgehead atoms. The number of likely N-dealkylation sites (tertiary alicyclic amines) is 1. The number of halogens is 1. The summed E-state index contributed by atoms with van der Waals surface area (Å²) < 4.78 is 5.27. The number of amides is 1. The molecule has 1 spiro atoms. The third kappa shape index (κ3) is 2.55. The number of nitrogens with one attached hydrogen (secondary N) is 1. The van der Waals surface area contributed by atoms with E-state index in [1.807, 2.05) is 20.8 Å². The molecule has 2 aliphatic rings. The predicted molar refractivity (Wildman–Crippen MR) is 60.4 cm³/mol. The highest BCUT2D eigenvalue weighted by Crippen LogP contribution is 2.34. The van der Waals surface area contributed by atoms with Crippen molar-refractivity contribution in [1.29, 1.82) is 0 Å². The third-order valence-corrected chi connectivity index (χ3v) is 2.70. The van der Waals surface area contributed by atoms with Crippen molar-refractivity contribution in [2.24, 2.45) is 5.41 Å². The van der Waals surface area contributed by atoms with E-state index in [4.69, 9.17) is 4.74 Å². The van der Waals surface area contributed by atoms with Gasteiger partial charge >= 0.3 is 6.09 Å². The molecule has 0 saturated carbocycles. The Morgan fingerprint density at radius 2 is 1.87 bits per heavy atom. The highest BCUT2D eigenvalue weighted by molar-refractivity contribution is 5.85. The molecule has 0 aromatic heterocycles. The molecule has 2 aliphatic heterocycles. The molecule has 5 heteroatoms. The van der Waals surface area contributed by atoms with Gasteiger partial charge in [0.05, 0.1) is 0 Å². The Labute approximate surface area is 96.7 Å². The molecule has 0 unspecified atom stereocenters. The molecule has 15 heavy (non-hydrogen) atoms. The minimum absolute atomic E-state index is 0. The highest BCUT2D eigenvalue weighted by atomic mass is 35.5. The molecule has 2 saturated heterocycles. The molecule has 0 aromatic rings. The molecule has 1 amide bonds. The fourth-order valence-corrected chi connectivity index (χ4v) is 1.92. The average Bonchev–Trinajstić information content (AvgIpc) is 1.74. The van der Waals surface area contributed by atoms with Crippen LogP contribution < -0.4 is 5.32 Å². The summed E-state index contributed by atoms with van der Waals surface area (Å²) in [6.45, 7) is 9.49. The van der Waals surface area contributed by atoms with Crippen LogP contribution in [0.15, 0.2) is 0 Å². The third-order valence-electron chi connectivity index (χ3n) is 2.70. The van der Waals surface area contributed by atoms with E-state index in [-0.39, 0.29) is 24.1 Å². The summed E-state index contributed by atoms with van der Waals surface area (Å²) >= 11 is 0. The van der Waals surface area contributed by atoms with Crippen molar-refractivity contribution in [2.75, 3.05) is 26.2 Å². The molecule has 0 radical (unpaired) electrons. The minimum atomic E-state index is -0.377. The second-order valence-electron chi connectivity index (χ2n) is 5.44. The molecule has 2 heterocycles. The van der Waals surface area contributed by atoms with Crippen molar-refractivity contribution in [3.8, 4) is 0 Å². The van der Waals surface area contributed by atoms with Gasteiger partial charge in [0.15, 0.2) is 0 Å². The van der Waals surface area contributed by atoms with Crippen LogP contribution in [0, 0.1) is 5.41 Å². The molecule has 2 rings (SSSR count). The van der Waals surface area contributed by atoms with Gasteiger partial charge < -0.3 is 15.0 Å².